The third-order valence-electron chi connectivity index (χ3n) is 2.17. The summed E-state index contributed by atoms with van der Waals surface area (Å²) in [4.78, 5) is 3.15. The van der Waals surface area contributed by atoms with Gasteiger partial charge in [-0.3, -0.25) is 0 Å². The van der Waals surface area contributed by atoms with Crippen LogP contribution in [-0.2, 0) is 0 Å². The molecule has 62 valence electrons. The van der Waals surface area contributed by atoms with Crippen LogP contribution >= 0.6 is 0 Å². The lowest BCUT2D eigenvalue weighted by atomic mass is 10.2. The number of H-pyrrole nitrogens is 2. The second-order valence-corrected chi connectivity index (χ2v) is 2.91. The van der Waals surface area contributed by atoms with E-state index in [1.54, 1.807) is 6.20 Å². The lowest BCUT2D eigenvalue weighted by molar-refractivity contribution is -0.341. The van der Waals surface area contributed by atoms with E-state index >= 15 is 0 Å². The van der Waals surface area contributed by atoms with Crippen LogP contribution in [-0.4, -0.2) is 15.4 Å². The number of fused-ring (bicyclic) bond motifs is 3. The highest BCUT2D eigenvalue weighted by Gasteiger charge is 2.06. The molecule has 0 saturated carbocycles. The summed E-state index contributed by atoms with van der Waals surface area (Å²) in [6.07, 6.45) is 3.71. The van der Waals surface area contributed by atoms with Crippen molar-refractivity contribution in [1.82, 2.24) is 15.4 Å². The van der Waals surface area contributed by atoms with E-state index in [2.05, 4.69) is 20.4 Å². The van der Waals surface area contributed by atoms with Gasteiger partial charge in [-0.1, -0.05) is 0 Å². The molecule has 0 radical (unpaired) electrons. The molecule has 1 aromatic carbocycles. The zero-order valence-electron chi connectivity index (χ0n) is 6.78. The highest BCUT2D eigenvalue weighted by Crippen LogP contribution is 2.19. The Morgan fingerprint density at radius 1 is 1.15 bits per heavy atom. The predicted molar refractivity (Wildman–Crippen MR) is 48.0 cm³/mol. The number of aromatic nitrogens is 4. The van der Waals surface area contributed by atoms with Crippen LogP contribution in [0.2, 0.25) is 0 Å². The number of nitrogens with zero attached hydrogens (tertiary/aromatic N) is 2. The zero-order chi connectivity index (χ0) is 8.67. The Balaban J connectivity index is 2.65. The van der Waals surface area contributed by atoms with Gasteiger partial charge < -0.3 is 0 Å². The van der Waals surface area contributed by atoms with Crippen molar-refractivity contribution in [1.29, 1.82) is 0 Å². The fraction of sp³-hybridized carbons (Fsp3) is 0. The first-order chi connectivity index (χ1) is 6.45. The third kappa shape index (κ3) is 0.823. The van der Waals surface area contributed by atoms with Gasteiger partial charge in [-0.25, -0.2) is 4.98 Å². The molecule has 0 unspecified atom stereocenters. The summed E-state index contributed by atoms with van der Waals surface area (Å²) in [5, 5.41) is 12.8. The Morgan fingerprint density at radius 2 is 2.15 bits per heavy atom. The van der Waals surface area contributed by atoms with Crippen LogP contribution in [0.4, 0.5) is 0 Å². The first-order valence-corrected chi connectivity index (χ1v) is 4.04. The van der Waals surface area contributed by atoms with E-state index in [1.165, 1.54) is 0 Å². The maximum absolute atomic E-state index is 4.06. The van der Waals surface area contributed by atoms with Crippen LogP contribution in [0.15, 0.2) is 30.6 Å². The molecule has 0 aliphatic carbocycles. The smallest absolute Gasteiger partial charge is 0.211 e. The topological polar surface area (TPSA) is 55.7 Å². The molecule has 0 amide bonds. The molecule has 0 aliphatic heterocycles. The highest BCUT2D eigenvalue weighted by molar-refractivity contribution is 6.02. The summed E-state index contributed by atoms with van der Waals surface area (Å²) < 4.78 is 0. The van der Waals surface area contributed by atoms with Crippen LogP contribution in [0, 0.1) is 0 Å². The number of nitrogens with one attached hydrogen (secondary N) is 2. The summed E-state index contributed by atoms with van der Waals surface area (Å²) in [7, 11) is 0. The lowest BCUT2D eigenvalue weighted by Crippen LogP contribution is -1.94. The molecule has 0 saturated heterocycles. The van der Waals surface area contributed by atoms with E-state index in [4.69, 9.17) is 0 Å². The Labute approximate surface area is 73.6 Å². The van der Waals surface area contributed by atoms with Gasteiger partial charge in [0, 0.05) is 17.5 Å². The normalized spacial score (nSPS) is 11.1. The lowest BCUT2D eigenvalue weighted by Gasteiger charge is -1.93. The summed E-state index contributed by atoms with van der Waals surface area (Å²) in [5.74, 6) is 0. The third-order valence-corrected chi connectivity index (χ3v) is 2.17. The van der Waals surface area contributed by atoms with Gasteiger partial charge in [-0.15, -0.1) is 0 Å². The van der Waals surface area contributed by atoms with Crippen LogP contribution in [0.1, 0.15) is 0 Å². The Kier molecular flexibility index (Phi) is 1.14. The monoisotopic (exact) mass is 171 g/mol. The molecule has 3 rings (SSSR count). The summed E-state index contributed by atoms with van der Waals surface area (Å²) >= 11 is 0. The van der Waals surface area contributed by atoms with Crippen molar-refractivity contribution < 1.29 is 4.98 Å². The second kappa shape index (κ2) is 2.26. The Hall–Kier alpha value is -1.97. The number of hydrogen-bond donors (Lipinski definition) is 1. The predicted octanol–water partition coefficient (Wildman–Crippen LogP) is 0.925. The summed E-state index contributed by atoms with van der Waals surface area (Å²) in [6.45, 7) is 0. The maximum Gasteiger partial charge on any atom is 0.211 e. The molecule has 4 nitrogen and oxygen atoms in total. The van der Waals surface area contributed by atoms with Gasteiger partial charge in [0.1, 0.15) is 0 Å². The van der Waals surface area contributed by atoms with Crippen molar-refractivity contribution in [3.8, 4) is 0 Å². The summed E-state index contributed by atoms with van der Waals surface area (Å²) in [6, 6.07) is 6.01. The Bertz CT molecular complexity index is 570. The second-order valence-electron chi connectivity index (χ2n) is 2.91. The van der Waals surface area contributed by atoms with E-state index in [0.717, 1.165) is 21.8 Å². The van der Waals surface area contributed by atoms with Gasteiger partial charge in [0.25, 0.3) is 0 Å². The van der Waals surface area contributed by atoms with E-state index in [0.29, 0.717) is 0 Å². The molecule has 0 fully saturated rings. The molecule has 4 heteroatoms. The fourth-order valence-corrected chi connectivity index (χ4v) is 1.55. The van der Waals surface area contributed by atoms with Crippen molar-refractivity contribution in [3.63, 3.8) is 0 Å². The van der Waals surface area contributed by atoms with E-state index in [9.17, 15) is 0 Å². The number of hydrogen-bond acceptors (Lipinski definition) is 2. The molecule has 0 spiro atoms. The van der Waals surface area contributed by atoms with E-state index in [-0.39, 0.29) is 0 Å². The molecule has 0 bridgehead atoms. The number of aromatic amines is 2. The quantitative estimate of drug-likeness (QED) is 0.547. The van der Waals surface area contributed by atoms with Crippen molar-refractivity contribution in [3.05, 3.63) is 30.6 Å². The van der Waals surface area contributed by atoms with Gasteiger partial charge >= 0.3 is 0 Å². The van der Waals surface area contributed by atoms with Crippen LogP contribution in [0.25, 0.3) is 21.8 Å². The number of rotatable bonds is 0. The molecule has 2 heterocycles. The molecule has 0 aliphatic rings. The van der Waals surface area contributed by atoms with Gasteiger partial charge in [0.15, 0.2) is 6.20 Å². The van der Waals surface area contributed by atoms with Crippen molar-refractivity contribution in [2.45, 2.75) is 0 Å². The first-order valence-electron chi connectivity index (χ1n) is 4.04. The molecule has 0 atom stereocenters. The van der Waals surface area contributed by atoms with Crippen molar-refractivity contribution >= 4 is 21.8 Å². The zero-order valence-corrected chi connectivity index (χ0v) is 6.78. The van der Waals surface area contributed by atoms with Gasteiger partial charge in [-0.2, -0.15) is 15.4 Å². The van der Waals surface area contributed by atoms with Gasteiger partial charge in [0.05, 0.1) is 17.1 Å². The first kappa shape index (κ1) is 6.54. The average molecular weight is 171 g/mol. The molecular formula is C9H7N4+. The molecule has 13 heavy (non-hydrogen) atoms. The minimum Gasteiger partial charge on any atom is -0.211 e. The Morgan fingerprint density at radius 3 is 3.15 bits per heavy atom. The number of benzene rings is 1. The molecule has 2 aromatic heterocycles. The van der Waals surface area contributed by atoms with Crippen LogP contribution in [0.3, 0.4) is 0 Å². The van der Waals surface area contributed by atoms with Crippen molar-refractivity contribution in [2.75, 3.05) is 0 Å². The van der Waals surface area contributed by atoms with Crippen LogP contribution in [0.5, 0.6) is 0 Å². The van der Waals surface area contributed by atoms with E-state index in [1.807, 2.05) is 24.4 Å². The van der Waals surface area contributed by atoms with Crippen LogP contribution < -0.4 is 4.98 Å². The SMILES string of the molecule is c1cc2c(ccc3n[nH]ncc32)[nH+]1. The van der Waals surface area contributed by atoms with Crippen molar-refractivity contribution in [2.24, 2.45) is 0 Å². The molecule has 2 N–H and O–H groups in total. The molecular weight excluding hydrogens is 164 g/mol. The molecule has 3 aromatic rings. The minimum atomic E-state index is 0.933. The largest absolute Gasteiger partial charge is 0.211 e. The average Bonchev–Trinajstić information content (AvgIpc) is 2.65. The van der Waals surface area contributed by atoms with Gasteiger partial charge in [0.2, 0.25) is 5.52 Å². The standard InChI is InChI=1S/C9H6N4/c1-2-9-7(5-11-13-12-9)6-3-4-10-8(1)6/h1-5,13H/p+1. The minimum absolute atomic E-state index is 0.933. The highest BCUT2D eigenvalue weighted by atomic mass is 15.3. The maximum atomic E-state index is 4.06. The summed E-state index contributed by atoms with van der Waals surface area (Å²) in [5.41, 5.74) is 2.05. The fourth-order valence-electron chi connectivity index (χ4n) is 1.55. The van der Waals surface area contributed by atoms with Gasteiger partial charge in [-0.05, 0) is 6.07 Å². The van der Waals surface area contributed by atoms with E-state index < -0.39 is 0 Å².